The lowest BCUT2D eigenvalue weighted by Gasteiger charge is -2.31. The Bertz CT molecular complexity index is 494. The Morgan fingerprint density at radius 1 is 1.40 bits per heavy atom. The van der Waals surface area contributed by atoms with E-state index in [1.165, 1.54) is 31.2 Å². The predicted octanol–water partition coefficient (Wildman–Crippen LogP) is 2.10. The Hall–Kier alpha value is -1.52. The van der Waals surface area contributed by atoms with Crippen LogP contribution in [-0.4, -0.2) is 29.1 Å². The number of piperidine rings is 1. The zero-order valence-corrected chi connectivity index (χ0v) is 12.3. The van der Waals surface area contributed by atoms with Gasteiger partial charge in [-0.2, -0.15) is 0 Å². The molecule has 1 aromatic heterocycles. The molecular formula is C15H24N4O. The SMILES string of the molecule is CC1CCCN(C(N)=NCc2noc3c2CCCC3)C1. The molecule has 0 bridgehead atoms. The molecule has 5 nitrogen and oxygen atoms in total. The van der Waals surface area contributed by atoms with Gasteiger partial charge in [-0.25, -0.2) is 4.99 Å². The third kappa shape index (κ3) is 2.81. The van der Waals surface area contributed by atoms with Gasteiger partial charge in [0.05, 0.1) is 6.54 Å². The van der Waals surface area contributed by atoms with Crippen LogP contribution in [0.4, 0.5) is 0 Å². The number of hydrogen-bond donors (Lipinski definition) is 1. The second kappa shape index (κ2) is 5.85. The number of rotatable bonds is 2. The van der Waals surface area contributed by atoms with Crippen LogP contribution in [0.1, 0.15) is 49.6 Å². The molecule has 1 unspecified atom stereocenters. The van der Waals surface area contributed by atoms with Crippen molar-refractivity contribution in [3.63, 3.8) is 0 Å². The smallest absolute Gasteiger partial charge is 0.191 e. The number of guanidine groups is 1. The molecule has 0 aromatic carbocycles. The van der Waals surface area contributed by atoms with Gasteiger partial charge in [-0.05, 0) is 38.0 Å². The molecule has 20 heavy (non-hydrogen) atoms. The number of aryl methyl sites for hydroxylation is 1. The zero-order chi connectivity index (χ0) is 13.9. The van der Waals surface area contributed by atoms with E-state index in [4.69, 9.17) is 10.3 Å². The lowest BCUT2D eigenvalue weighted by atomic mass is 9.96. The fourth-order valence-electron chi connectivity index (χ4n) is 3.23. The van der Waals surface area contributed by atoms with Crippen molar-refractivity contribution in [1.29, 1.82) is 0 Å². The molecule has 1 saturated heterocycles. The van der Waals surface area contributed by atoms with E-state index in [1.54, 1.807) is 0 Å². The van der Waals surface area contributed by atoms with Crippen molar-refractivity contribution < 1.29 is 4.52 Å². The van der Waals surface area contributed by atoms with Gasteiger partial charge >= 0.3 is 0 Å². The largest absolute Gasteiger partial charge is 0.370 e. The Kier molecular flexibility index (Phi) is 3.94. The summed E-state index contributed by atoms with van der Waals surface area (Å²) in [6.45, 7) is 4.87. The van der Waals surface area contributed by atoms with Gasteiger partial charge in [0.2, 0.25) is 0 Å². The normalized spacial score (nSPS) is 23.8. The third-order valence-electron chi connectivity index (χ3n) is 4.40. The Labute approximate surface area is 120 Å². The number of nitrogens with two attached hydrogens (primary N) is 1. The van der Waals surface area contributed by atoms with Gasteiger partial charge in [-0.15, -0.1) is 0 Å². The number of hydrogen-bond acceptors (Lipinski definition) is 3. The number of nitrogens with zero attached hydrogens (tertiary/aromatic N) is 3. The summed E-state index contributed by atoms with van der Waals surface area (Å²) in [5.74, 6) is 2.42. The zero-order valence-electron chi connectivity index (χ0n) is 12.3. The van der Waals surface area contributed by atoms with Crippen molar-refractivity contribution in [2.24, 2.45) is 16.6 Å². The number of fused-ring (bicyclic) bond motifs is 1. The van der Waals surface area contributed by atoms with E-state index in [2.05, 4.69) is 22.0 Å². The minimum Gasteiger partial charge on any atom is -0.370 e. The molecule has 0 spiro atoms. The van der Waals surface area contributed by atoms with Crippen LogP contribution in [0.5, 0.6) is 0 Å². The standard InChI is InChI=1S/C15H24N4O/c1-11-5-4-8-19(10-11)15(16)17-9-13-12-6-2-3-7-14(12)20-18-13/h11H,2-10H2,1H3,(H2,16,17). The maximum atomic E-state index is 6.12. The quantitative estimate of drug-likeness (QED) is 0.663. The molecule has 0 saturated carbocycles. The van der Waals surface area contributed by atoms with Gasteiger partial charge in [0.15, 0.2) is 5.96 Å². The molecule has 1 fully saturated rings. The van der Waals surface area contributed by atoms with E-state index >= 15 is 0 Å². The molecule has 1 aliphatic heterocycles. The highest BCUT2D eigenvalue weighted by Gasteiger charge is 2.20. The van der Waals surface area contributed by atoms with E-state index in [1.807, 2.05) is 0 Å². The van der Waals surface area contributed by atoms with Crippen molar-refractivity contribution in [2.75, 3.05) is 13.1 Å². The third-order valence-corrected chi connectivity index (χ3v) is 4.40. The summed E-state index contributed by atoms with van der Waals surface area (Å²) in [6.07, 6.45) is 7.02. The van der Waals surface area contributed by atoms with Gasteiger partial charge < -0.3 is 15.2 Å². The van der Waals surface area contributed by atoms with Gasteiger partial charge in [0.25, 0.3) is 0 Å². The summed E-state index contributed by atoms with van der Waals surface area (Å²) in [5.41, 5.74) is 8.38. The van der Waals surface area contributed by atoms with Crippen LogP contribution in [-0.2, 0) is 19.4 Å². The maximum Gasteiger partial charge on any atom is 0.191 e. The number of aliphatic imine (C=N–C) groups is 1. The molecule has 0 amide bonds. The van der Waals surface area contributed by atoms with Crippen LogP contribution < -0.4 is 5.73 Å². The molecule has 2 heterocycles. The van der Waals surface area contributed by atoms with Crippen molar-refractivity contribution in [3.05, 3.63) is 17.0 Å². The first-order valence-corrected chi connectivity index (χ1v) is 7.75. The molecule has 2 N–H and O–H groups in total. The topological polar surface area (TPSA) is 67.7 Å². The highest BCUT2D eigenvalue weighted by atomic mass is 16.5. The van der Waals surface area contributed by atoms with Gasteiger partial charge in [-0.3, -0.25) is 0 Å². The maximum absolute atomic E-state index is 6.12. The molecule has 1 aliphatic carbocycles. The summed E-state index contributed by atoms with van der Waals surface area (Å²) in [6, 6.07) is 0. The summed E-state index contributed by atoms with van der Waals surface area (Å²) >= 11 is 0. The average Bonchev–Trinajstić information content (AvgIpc) is 2.88. The molecule has 0 radical (unpaired) electrons. The first kappa shape index (κ1) is 13.5. The molecule has 5 heteroatoms. The summed E-state index contributed by atoms with van der Waals surface area (Å²) in [7, 11) is 0. The van der Waals surface area contributed by atoms with E-state index in [0.29, 0.717) is 18.4 Å². The van der Waals surface area contributed by atoms with Crippen LogP contribution in [0, 0.1) is 5.92 Å². The van der Waals surface area contributed by atoms with E-state index in [9.17, 15) is 0 Å². The second-order valence-corrected chi connectivity index (χ2v) is 6.11. The van der Waals surface area contributed by atoms with Gasteiger partial charge in [0, 0.05) is 25.1 Å². The first-order chi connectivity index (χ1) is 9.74. The molecule has 110 valence electrons. The van der Waals surface area contributed by atoms with E-state index < -0.39 is 0 Å². The average molecular weight is 276 g/mol. The Morgan fingerprint density at radius 2 is 2.25 bits per heavy atom. The molecule has 1 aromatic rings. The van der Waals surface area contributed by atoms with Crippen molar-refractivity contribution in [2.45, 2.75) is 52.0 Å². The van der Waals surface area contributed by atoms with E-state index in [-0.39, 0.29) is 0 Å². The fraction of sp³-hybridized carbons (Fsp3) is 0.733. The summed E-state index contributed by atoms with van der Waals surface area (Å²) in [4.78, 5) is 6.73. The minimum atomic E-state index is 0.551. The van der Waals surface area contributed by atoms with Crippen LogP contribution in [0.2, 0.25) is 0 Å². The second-order valence-electron chi connectivity index (χ2n) is 6.11. The molecule has 2 aliphatic rings. The van der Waals surface area contributed by atoms with Gasteiger partial charge in [0.1, 0.15) is 11.5 Å². The highest BCUT2D eigenvalue weighted by molar-refractivity contribution is 5.78. The van der Waals surface area contributed by atoms with E-state index in [0.717, 1.165) is 37.4 Å². The lowest BCUT2D eigenvalue weighted by Crippen LogP contribution is -2.43. The molecule has 3 rings (SSSR count). The first-order valence-electron chi connectivity index (χ1n) is 7.75. The fourth-order valence-corrected chi connectivity index (χ4v) is 3.23. The van der Waals surface area contributed by atoms with Crippen LogP contribution in [0.25, 0.3) is 0 Å². The molecule has 1 atom stereocenters. The summed E-state index contributed by atoms with van der Waals surface area (Å²) < 4.78 is 5.41. The monoisotopic (exact) mass is 276 g/mol. The van der Waals surface area contributed by atoms with Gasteiger partial charge in [-0.1, -0.05) is 12.1 Å². The van der Waals surface area contributed by atoms with Crippen molar-refractivity contribution in [3.8, 4) is 0 Å². The lowest BCUT2D eigenvalue weighted by molar-refractivity contribution is 0.270. The van der Waals surface area contributed by atoms with Crippen LogP contribution in [0.3, 0.4) is 0 Å². The van der Waals surface area contributed by atoms with Crippen LogP contribution >= 0.6 is 0 Å². The highest BCUT2D eigenvalue weighted by Crippen LogP contribution is 2.24. The summed E-state index contributed by atoms with van der Waals surface area (Å²) in [5, 5.41) is 4.17. The number of likely N-dealkylation sites (tertiary alicyclic amines) is 1. The number of aromatic nitrogens is 1. The Morgan fingerprint density at radius 3 is 3.10 bits per heavy atom. The Balaban J connectivity index is 1.65. The molecular weight excluding hydrogens is 252 g/mol. The van der Waals surface area contributed by atoms with Crippen molar-refractivity contribution >= 4 is 5.96 Å². The predicted molar refractivity (Wildman–Crippen MR) is 78.4 cm³/mol. The van der Waals surface area contributed by atoms with Crippen LogP contribution in [0.15, 0.2) is 9.52 Å². The minimum absolute atomic E-state index is 0.551. The van der Waals surface area contributed by atoms with Crippen molar-refractivity contribution in [1.82, 2.24) is 10.1 Å².